The SMILES string of the molecule is C[C@H]1CCC[C@@H](CC(=O)NCC2(O)CCCCCC2)C1. The summed E-state index contributed by atoms with van der Waals surface area (Å²) < 4.78 is 0. The topological polar surface area (TPSA) is 49.3 Å². The molecule has 0 aliphatic heterocycles. The second-order valence-corrected chi connectivity index (χ2v) is 7.26. The van der Waals surface area contributed by atoms with Gasteiger partial charge in [-0.2, -0.15) is 0 Å². The van der Waals surface area contributed by atoms with Gasteiger partial charge in [-0.15, -0.1) is 0 Å². The highest BCUT2D eigenvalue weighted by molar-refractivity contribution is 5.76. The predicted molar refractivity (Wildman–Crippen MR) is 81.4 cm³/mol. The summed E-state index contributed by atoms with van der Waals surface area (Å²) in [5, 5.41) is 13.5. The van der Waals surface area contributed by atoms with Crippen molar-refractivity contribution in [2.24, 2.45) is 11.8 Å². The number of rotatable bonds is 4. The smallest absolute Gasteiger partial charge is 0.220 e. The van der Waals surface area contributed by atoms with E-state index in [-0.39, 0.29) is 5.91 Å². The van der Waals surface area contributed by atoms with Crippen LogP contribution in [-0.2, 0) is 4.79 Å². The molecule has 20 heavy (non-hydrogen) atoms. The van der Waals surface area contributed by atoms with Gasteiger partial charge in [0.1, 0.15) is 0 Å². The summed E-state index contributed by atoms with van der Waals surface area (Å²) in [5.74, 6) is 1.47. The molecule has 2 saturated carbocycles. The van der Waals surface area contributed by atoms with Gasteiger partial charge >= 0.3 is 0 Å². The number of carbonyl (C=O) groups excluding carboxylic acids is 1. The largest absolute Gasteiger partial charge is 0.388 e. The van der Waals surface area contributed by atoms with Gasteiger partial charge in [-0.05, 0) is 37.5 Å². The number of amides is 1. The highest BCUT2D eigenvalue weighted by atomic mass is 16.3. The molecule has 0 aromatic carbocycles. The van der Waals surface area contributed by atoms with Crippen molar-refractivity contribution >= 4 is 5.91 Å². The fourth-order valence-electron chi connectivity index (χ4n) is 3.91. The molecule has 2 rings (SSSR count). The van der Waals surface area contributed by atoms with E-state index in [1.807, 2.05) is 0 Å². The second kappa shape index (κ2) is 7.44. The Morgan fingerprint density at radius 3 is 2.50 bits per heavy atom. The first-order valence-corrected chi connectivity index (χ1v) is 8.56. The molecule has 116 valence electrons. The third-order valence-electron chi connectivity index (χ3n) is 5.17. The Balaban J connectivity index is 1.71. The van der Waals surface area contributed by atoms with Crippen LogP contribution >= 0.6 is 0 Å². The first kappa shape index (κ1) is 15.8. The van der Waals surface area contributed by atoms with Crippen molar-refractivity contribution in [2.45, 2.75) is 83.2 Å². The van der Waals surface area contributed by atoms with Crippen molar-refractivity contribution in [2.75, 3.05) is 6.54 Å². The molecular weight excluding hydrogens is 250 g/mol. The molecule has 0 heterocycles. The van der Waals surface area contributed by atoms with Crippen LogP contribution < -0.4 is 5.32 Å². The fraction of sp³-hybridized carbons (Fsp3) is 0.941. The van der Waals surface area contributed by atoms with E-state index in [1.165, 1.54) is 38.5 Å². The molecule has 0 saturated heterocycles. The highest BCUT2D eigenvalue weighted by Gasteiger charge is 2.29. The minimum absolute atomic E-state index is 0.141. The number of nitrogens with one attached hydrogen (secondary N) is 1. The summed E-state index contributed by atoms with van der Waals surface area (Å²) in [4.78, 5) is 12.1. The van der Waals surface area contributed by atoms with Gasteiger partial charge in [0.05, 0.1) is 5.60 Å². The molecule has 2 N–H and O–H groups in total. The van der Waals surface area contributed by atoms with Crippen molar-refractivity contribution in [1.82, 2.24) is 5.32 Å². The van der Waals surface area contributed by atoms with Gasteiger partial charge in [-0.1, -0.05) is 45.4 Å². The number of hydrogen-bond acceptors (Lipinski definition) is 2. The summed E-state index contributed by atoms with van der Waals surface area (Å²) in [7, 11) is 0. The van der Waals surface area contributed by atoms with E-state index in [1.54, 1.807) is 0 Å². The second-order valence-electron chi connectivity index (χ2n) is 7.26. The lowest BCUT2D eigenvalue weighted by Gasteiger charge is -2.29. The van der Waals surface area contributed by atoms with Gasteiger partial charge in [-0.25, -0.2) is 0 Å². The van der Waals surface area contributed by atoms with Crippen LogP contribution in [0.15, 0.2) is 0 Å². The maximum Gasteiger partial charge on any atom is 0.220 e. The van der Waals surface area contributed by atoms with E-state index in [0.717, 1.165) is 31.6 Å². The Bertz CT molecular complexity index is 308. The molecule has 2 aliphatic rings. The quantitative estimate of drug-likeness (QED) is 0.776. The lowest BCUT2D eigenvalue weighted by Crippen LogP contribution is -2.43. The zero-order chi connectivity index (χ0) is 14.4. The first-order valence-electron chi connectivity index (χ1n) is 8.56. The van der Waals surface area contributed by atoms with Crippen molar-refractivity contribution < 1.29 is 9.90 Å². The van der Waals surface area contributed by atoms with Crippen LogP contribution in [0.1, 0.15) is 77.6 Å². The summed E-state index contributed by atoms with van der Waals surface area (Å²) in [6, 6.07) is 0. The van der Waals surface area contributed by atoms with E-state index < -0.39 is 5.60 Å². The minimum atomic E-state index is -0.647. The third-order valence-corrected chi connectivity index (χ3v) is 5.17. The molecule has 2 atom stereocenters. The molecule has 0 unspecified atom stereocenters. The fourth-order valence-corrected chi connectivity index (χ4v) is 3.91. The number of aliphatic hydroxyl groups is 1. The maximum absolute atomic E-state index is 12.1. The molecule has 3 nitrogen and oxygen atoms in total. The summed E-state index contributed by atoms with van der Waals surface area (Å²) in [5.41, 5.74) is -0.647. The Kier molecular flexibility index (Phi) is 5.88. The van der Waals surface area contributed by atoms with Gasteiger partial charge in [0.25, 0.3) is 0 Å². The monoisotopic (exact) mass is 281 g/mol. The Morgan fingerprint density at radius 2 is 1.85 bits per heavy atom. The molecule has 3 heteroatoms. The average Bonchev–Trinajstić information content (AvgIpc) is 2.62. The molecule has 0 aromatic heterocycles. The van der Waals surface area contributed by atoms with Crippen LogP contribution in [0.2, 0.25) is 0 Å². The molecule has 1 amide bonds. The van der Waals surface area contributed by atoms with E-state index in [9.17, 15) is 9.90 Å². The van der Waals surface area contributed by atoms with Crippen LogP contribution in [0, 0.1) is 11.8 Å². The molecule has 0 spiro atoms. The molecule has 0 aromatic rings. The summed E-state index contributed by atoms with van der Waals surface area (Å²) >= 11 is 0. The molecule has 0 bridgehead atoms. The van der Waals surface area contributed by atoms with E-state index in [2.05, 4.69) is 12.2 Å². The van der Waals surface area contributed by atoms with Crippen LogP contribution in [0.25, 0.3) is 0 Å². The van der Waals surface area contributed by atoms with Gasteiger partial charge < -0.3 is 10.4 Å². The first-order chi connectivity index (χ1) is 9.57. The van der Waals surface area contributed by atoms with E-state index in [4.69, 9.17) is 0 Å². The molecule has 2 fully saturated rings. The van der Waals surface area contributed by atoms with Crippen LogP contribution in [0.5, 0.6) is 0 Å². The maximum atomic E-state index is 12.1. The number of carbonyl (C=O) groups is 1. The zero-order valence-corrected chi connectivity index (χ0v) is 13.0. The normalized spacial score (nSPS) is 30.5. The molecular formula is C17H31NO2. The van der Waals surface area contributed by atoms with Crippen molar-refractivity contribution in [3.8, 4) is 0 Å². The third kappa shape index (κ3) is 5.08. The van der Waals surface area contributed by atoms with Crippen molar-refractivity contribution in [1.29, 1.82) is 0 Å². The van der Waals surface area contributed by atoms with Crippen LogP contribution in [-0.4, -0.2) is 23.2 Å². The van der Waals surface area contributed by atoms with E-state index in [0.29, 0.717) is 18.9 Å². The lowest BCUT2D eigenvalue weighted by atomic mass is 9.80. The van der Waals surface area contributed by atoms with Gasteiger partial charge in [0, 0.05) is 13.0 Å². The van der Waals surface area contributed by atoms with Crippen LogP contribution in [0.3, 0.4) is 0 Å². The summed E-state index contributed by atoms with van der Waals surface area (Å²) in [6.07, 6.45) is 11.9. The minimum Gasteiger partial charge on any atom is -0.388 e. The average molecular weight is 281 g/mol. The Labute approximate surface area is 123 Å². The Morgan fingerprint density at radius 1 is 1.15 bits per heavy atom. The van der Waals surface area contributed by atoms with Crippen molar-refractivity contribution in [3.63, 3.8) is 0 Å². The molecule has 0 radical (unpaired) electrons. The van der Waals surface area contributed by atoms with Gasteiger partial charge in [0.2, 0.25) is 5.91 Å². The summed E-state index contributed by atoms with van der Waals surface area (Å²) in [6.45, 7) is 2.74. The predicted octanol–water partition coefficient (Wildman–Crippen LogP) is 3.40. The highest BCUT2D eigenvalue weighted by Crippen LogP contribution is 2.31. The number of hydrogen-bond donors (Lipinski definition) is 2. The lowest BCUT2D eigenvalue weighted by molar-refractivity contribution is -0.123. The van der Waals surface area contributed by atoms with Gasteiger partial charge in [-0.3, -0.25) is 4.79 Å². The Hall–Kier alpha value is -0.570. The van der Waals surface area contributed by atoms with Gasteiger partial charge in [0.15, 0.2) is 0 Å². The van der Waals surface area contributed by atoms with Crippen molar-refractivity contribution in [3.05, 3.63) is 0 Å². The molecule has 2 aliphatic carbocycles. The standard InChI is InChI=1S/C17H31NO2/c1-14-7-6-8-15(11-14)12-16(19)18-13-17(20)9-4-2-3-5-10-17/h14-15,20H,2-13H2,1H3,(H,18,19)/t14-,15+/m0/s1. The zero-order valence-electron chi connectivity index (χ0n) is 13.0. The van der Waals surface area contributed by atoms with E-state index >= 15 is 0 Å². The van der Waals surface area contributed by atoms with Crippen LogP contribution in [0.4, 0.5) is 0 Å².